The highest BCUT2D eigenvalue weighted by atomic mass is 32.2. The highest BCUT2D eigenvalue weighted by Gasteiger charge is 2.33. The molecule has 1 heterocycles. The second kappa shape index (κ2) is 10.6. The van der Waals surface area contributed by atoms with Gasteiger partial charge >= 0.3 is 0 Å². The first kappa shape index (κ1) is 23.1. The minimum Gasteiger partial charge on any atom is -0.497 e. The van der Waals surface area contributed by atoms with Crippen LogP contribution in [-0.2, 0) is 21.2 Å². The van der Waals surface area contributed by atoms with E-state index in [2.05, 4.69) is 12.2 Å². The fourth-order valence-corrected chi connectivity index (χ4v) is 5.10. The summed E-state index contributed by atoms with van der Waals surface area (Å²) >= 11 is 0. The zero-order chi connectivity index (χ0) is 22.3. The number of benzene rings is 2. The number of aryl methyl sites for hydroxylation is 1. The number of piperidine rings is 1. The zero-order valence-corrected chi connectivity index (χ0v) is 18.9. The van der Waals surface area contributed by atoms with Crippen LogP contribution in [-0.4, -0.2) is 52.0 Å². The molecule has 1 N–H and O–H groups in total. The van der Waals surface area contributed by atoms with Gasteiger partial charge in [-0.25, -0.2) is 8.42 Å². The summed E-state index contributed by atoms with van der Waals surface area (Å²) in [6.07, 6.45) is 2.29. The third kappa shape index (κ3) is 5.98. The molecular weight excluding hydrogens is 416 g/mol. The third-order valence-electron chi connectivity index (χ3n) is 5.45. The van der Waals surface area contributed by atoms with E-state index in [1.807, 2.05) is 24.3 Å². The molecule has 2 aromatic carbocycles. The Morgan fingerprint density at radius 3 is 2.42 bits per heavy atom. The lowest BCUT2D eigenvalue weighted by Gasteiger charge is -2.31. The summed E-state index contributed by atoms with van der Waals surface area (Å²) in [5.74, 6) is 0.851. The Bertz CT molecular complexity index is 958. The van der Waals surface area contributed by atoms with E-state index in [9.17, 15) is 13.2 Å². The average molecular weight is 447 g/mol. The van der Waals surface area contributed by atoms with E-state index in [0.29, 0.717) is 38.3 Å². The van der Waals surface area contributed by atoms with Crippen LogP contribution in [0.3, 0.4) is 0 Å². The van der Waals surface area contributed by atoms with Gasteiger partial charge in [0.05, 0.1) is 24.5 Å². The lowest BCUT2D eigenvalue weighted by atomic mass is 9.99. The van der Waals surface area contributed by atoms with Crippen LogP contribution in [0, 0.1) is 5.92 Å². The number of nitrogens with zero attached hydrogens (tertiary/aromatic N) is 1. The molecule has 1 aliphatic heterocycles. The number of nitrogens with one attached hydrogen (secondary N) is 1. The van der Waals surface area contributed by atoms with Crippen molar-refractivity contribution in [2.24, 2.45) is 5.92 Å². The maximum Gasteiger partial charge on any atom is 0.243 e. The maximum absolute atomic E-state index is 13.0. The minimum absolute atomic E-state index is 0.139. The Morgan fingerprint density at radius 2 is 1.77 bits per heavy atom. The van der Waals surface area contributed by atoms with Gasteiger partial charge in [0.25, 0.3) is 0 Å². The Labute approximate surface area is 184 Å². The molecule has 168 valence electrons. The van der Waals surface area contributed by atoms with Crippen LogP contribution in [0.15, 0.2) is 53.4 Å². The van der Waals surface area contributed by atoms with Gasteiger partial charge in [-0.3, -0.25) is 4.79 Å². The average Bonchev–Trinajstić information content (AvgIpc) is 2.82. The van der Waals surface area contributed by atoms with E-state index in [1.165, 1.54) is 29.1 Å². The second-order valence-corrected chi connectivity index (χ2v) is 9.45. The van der Waals surface area contributed by atoms with Gasteiger partial charge in [0.2, 0.25) is 15.9 Å². The van der Waals surface area contributed by atoms with Crippen LogP contribution in [0.5, 0.6) is 11.5 Å². The second-order valence-electron chi connectivity index (χ2n) is 7.51. The SMILES string of the molecule is CCc1ccc(OCCNC(=O)C2CCCN(S(=O)(=O)c3ccc(OC)cc3)C2)cc1. The van der Waals surface area contributed by atoms with Crippen LogP contribution < -0.4 is 14.8 Å². The van der Waals surface area contributed by atoms with Gasteiger partial charge < -0.3 is 14.8 Å². The molecule has 0 aromatic heterocycles. The Balaban J connectivity index is 1.50. The van der Waals surface area contributed by atoms with Gasteiger partial charge in [-0.15, -0.1) is 0 Å². The number of carbonyl (C=O) groups is 1. The molecule has 1 atom stereocenters. The quantitative estimate of drug-likeness (QED) is 0.599. The topological polar surface area (TPSA) is 84.9 Å². The van der Waals surface area contributed by atoms with Crippen molar-refractivity contribution in [3.05, 3.63) is 54.1 Å². The first-order valence-electron chi connectivity index (χ1n) is 10.6. The molecule has 31 heavy (non-hydrogen) atoms. The molecule has 8 heteroatoms. The van der Waals surface area contributed by atoms with Crippen LogP contribution in [0.2, 0.25) is 0 Å². The van der Waals surface area contributed by atoms with Crippen molar-refractivity contribution in [1.82, 2.24) is 9.62 Å². The zero-order valence-electron chi connectivity index (χ0n) is 18.0. The molecule has 1 aliphatic rings. The summed E-state index contributed by atoms with van der Waals surface area (Å²) in [5, 5.41) is 2.87. The predicted molar refractivity (Wildman–Crippen MR) is 119 cm³/mol. The molecule has 1 saturated heterocycles. The van der Waals surface area contributed by atoms with E-state index in [1.54, 1.807) is 12.1 Å². The molecule has 0 bridgehead atoms. The van der Waals surface area contributed by atoms with Crippen LogP contribution >= 0.6 is 0 Å². The first-order valence-corrected chi connectivity index (χ1v) is 12.0. The number of rotatable bonds is 9. The van der Waals surface area contributed by atoms with E-state index in [4.69, 9.17) is 9.47 Å². The summed E-state index contributed by atoms with van der Waals surface area (Å²) in [6, 6.07) is 14.2. The van der Waals surface area contributed by atoms with Crippen molar-refractivity contribution in [3.63, 3.8) is 0 Å². The van der Waals surface area contributed by atoms with Crippen LogP contribution in [0.1, 0.15) is 25.3 Å². The molecule has 1 fully saturated rings. The van der Waals surface area contributed by atoms with Gasteiger partial charge in [0, 0.05) is 13.1 Å². The Morgan fingerprint density at radius 1 is 1.10 bits per heavy atom. The molecular formula is C23H30N2O5S. The largest absolute Gasteiger partial charge is 0.497 e. The number of amides is 1. The smallest absolute Gasteiger partial charge is 0.243 e. The lowest BCUT2D eigenvalue weighted by Crippen LogP contribution is -2.45. The molecule has 1 unspecified atom stereocenters. The van der Waals surface area contributed by atoms with Crippen molar-refractivity contribution in [3.8, 4) is 11.5 Å². The van der Waals surface area contributed by atoms with Gasteiger partial charge in [-0.2, -0.15) is 4.31 Å². The van der Waals surface area contributed by atoms with Gasteiger partial charge in [0.15, 0.2) is 0 Å². The predicted octanol–water partition coefficient (Wildman–Crippen LogP) is 2.85. The van der Waals surface area contributed by atoms with Crippen molar-refractivity contribution in [2.45, 2.75) is 31.1 Å². The third-order valence-corrected chi connectivity index (χ3v) is 7.33. The molecule has 3 rings (SSSR count). The summed E-state index contributed by atoms with van der Waals surface area (Å²) < 4.78 is 38.1. The molecule has 2 aromatic rings. The van der Waals surface area contributed by atoms with E-state index < -0.39 is 10.0 Å². The van der Waals surface area contributed by atoms with E-state index in [-0.39, 0.29) is 23.3 Å². The monoisotopic (exact) mass is 446 g/mol. The summed E-state index contributed by atoms with van der Waals surface area (Å²) in [6.45, 7) is 3.42. The number of sulfonamides is 1. The number of hydrogen-bond donors (Lipinski definition) is 1. The summed E-state index contributed by atoms with van der Waals surface area (Å²) in [4.78, 5) is 12.8. The van der Waals surface area contributed by atoms with Gasteiger partial charge in [0.1, 0.15) is 18.1 Å². The molecule has 0 saturated carbocycles. The standard InChI is InChI=1S/C23H30N2O5S/c1-3-18-6-8-21(9-7-18)30-16-14-24-23(26)19-5-4-15-25(17-19)31(27,28)22-12-10-20(29-2)11-13-22/h6-13,19H,3-5,14-17H2,1-2H3,(H,24,26). The van der Waals surface area contributed by atoms with Crippen molar-refractivity contribution < 1.29 is 22.7 Å². The number of hydrogen-bond acceptors (Lipinski definition) is 5. The normalized spacial score (nSPS) is 17.2. The Hall–Kier alpha value is -2.58. The minimum atomic E-state index is -3.65. The maximum atomic E-state index is 13.0. The summed E-state index contributed by atoms with van der Waals surface area (Å²) in [7, 11) is -2.12. The van der Waals surface area contributed by atoms with Crippen LogP contribution in [0.25, 0.3) is 0 Å². The number of carbonyl (C=O) groups excluding carboxylic acids is 1. The lowest BCUT2D eigenvalue weighted by molar-refractivity contribution is -0.126. The molecule has 7 nitrogen and oxygen atoms in total. The van der Waals surface area contributed by atoms with Crippen molar-refractivity contribution in [2.75, 3.05) is 33.4 Å². The van der Waals surface area contributed by atoms with Gasteiger partial charge in [-0.1, -0.05) is 19.1 Å². The van der Waals surface area contributed by atoms with E-state index >= 15 is 0 Å². The van der Waals surface area contributed by atoms with Crippen molar-refractivity contribution >= 4 is 15.9 Å². The highest BCUT2D eigenvalue weighted by Crippen LogP contribution is 2.25. The molecule has 0 spiro atoms. The van der Waals surface area contributed by atoms with Crippen molar-refractivity contribution in [1.29, 1.82) is 0 Å². The first-order chi connectivity index (χ1) is 14.9. The fourth-order valence-electron chi connectivity index (χ4n) is 3.58. The Kier molecular flexibility index (Phi) is 7.92. The van der Waals surface area contributed by atoms with E-state index in [0.717, 1.165) is 12.2 Å². The summed E-state index contributed by atoms with van der Waals surface area (Å²) in [5.41, 5.74) is 1.24. The fraction of sp³-hybridized carbons (Fsp3) is 0.435. The number of ether oxygens (including phenoxy) is 2. The molecule has 0 radical (unpaired) electrons. The molecule has 1 amide bonds. The molecule has 0 aliphatic carbocycles. The number of methoxy groups -OCH3 is 1. The van der Waals surface area contributed by atoms with Gasteiger partial charge in [-0.05, 0) is 61.2 Å². The van der Waals surface area contributed by atoms with Crippen LogP contribution in [0.4, 0.5) is 0 Å². The highest BCUT2D eigenvalue weighted by molar-refractivity contribution is 7.89.